The van der Waals surface area contributed by atoms with E-state index in [2.05, 4.69) is 20.8 Å². The number of hydrogen-bond acceptors (Lipinski definition) is 1. The number of rotatable bonds is 0. The van der Waals surface area contributed by atoms with E-state index in [1.54, 1.807) is 0 Å². The van der Waals surface area contributed by atoms with Crippen molar-refractivity contribution in [2.45, 2.75) is 104 Å². The van der Waals surface area contributed by atoms with Crippen LogP contribution in [0.3, 0.4) is 0 Å². The highest BCUT2D eigenvalue weighted by Crippen LogP contribution is 2.82. The third-order valence-electron chi connectivity index (χ3n) is 7.67. The van der Waals surface area contributed by atoms with E-state index in [4.69, 9.17) is 12.6 Å². The SMILES string of the molecule is CC.CC1(C)C2(CCCCC2)C(C)(S)C12CCCCC2. The molecular formula is C19H36S. The van der Waals surface area contributed by atoms with Crippen molar-refractivity contribution in [1.29, 1.82) is 0 Å². The van der Waals surface area contributed by atoms with Crippen LogP contribution in [0, 0.1) is 16.2 Å². The summed E-state index contributed by atoms with van der Waals surface area (Å²) in [6.07, 6.45) is 14.4. The molecule has 0 nitrogen and oxygen atoms in total. The Morgan fingerprint density at radius 1 is 0.600 bits per heavy atom. The molecule has 0 heterocycles. The van der Waals surface area contributed by atoms with Crippen LogP contribution in [-0.4, -0.2) is 4.75 Å². The summed E-state index contributed by atoms with van der Waals surface area (Å²) in [6.45, 7) is 11.7. The molecule has 1 heteroatoms. The Hall–Kier alpha value is 0.350. The molecule has 20 heavy (non-hydrogen) atoms. The minimum atomic E-state index is 0.282. The van der Waals surface area contributed by atoms with E-state index in [0.29, 0.717) is 16.2 Å². The van der Waals surface area contributed by atoms with Crippen LogP contribution in [0.25, 0.3) is 0 Å². The zero-order chi connectivity index (χ0) is 15.1. The zero-order valence-electron chi connectivity index (χ0n) is 14.5. The Balaban J connectivity index is 0.000000704. The van der Waals surface area contributed by atoms with E-state index in [-0.39, 0.29) is 4.75 Å². The van der Waals surface area contributed by atoms with E-state index in [0.717, 1.165) is 0 Å². The topological polar surface area (TPSA) is 0 Å². The average Bonchev–Trinajstić information content (AvgIpc) is 2.50. The van der Waals surface area contributed by atoms with Crippen molar-refractivity contribution in [2.75, 3.05) is 0 Å². The van der Waals surface area contributed by atoms with Gasteiger partial charge >= 0.3 is 0 Å². The van der Waals surface area contributed by atoms with Crippen molar-refractivity contribution in [3.63, 3.8) is 0 Å². The van der Waals surface area contributed by atoms with Crippen LogP contribution in [0.15, 0.2) is 0 Å². The van der Waals surface area contributed by atoms with Crippen LogP contribution in [0.5, 0.6) is 0 Å². The van der Waals surface area contributed by atoms with Crippen molar-refractivity contribution in [3.05, 3.63) is 0 Å². The van der Waals surface area contributed by atoms with Gasteiger partial charge in [0.1, 0.15) is 0 Å². The normalized spacial score (nSPS) is 36.9. The first-order valence-corrected chi connectivity index (χ1v) is 9.59. The molecule has 3 aliphatic carbocycles. The summed E-state index contributed by atoms with van der Waals surface area (Å²) in [5, 5.41) is 0. The number of thiol groups is 1. The fourth-order valence-corrected chi connectivity index (χ4v) is 7.61. The molecule has 3 aliphatic rings. The summed E-state index contributed by atoms with van der Waals surface area (Å²) >= 11 is 5.31. The highest BCUT2D eigenvalue weighted by atomic mass is 32.1. The fraction of sp³-hybridized carbons (Fsp3) is 1.00. The van der Waals surface area contributed by atoms with Crippen molar-refractivity contribution in [2.24, 2.45) is 16.2 Å². The van der Waals surface area contributed by atoms with Gasteiger partial charge in [-0.25, -0.2) is 0 Å². The van der Waals surface area contributed by atoms with Gasteiger partial charge < -0.3 is 0 Å². The van der Waals surface area contributed by atoms with Gasteiger partial charge in [0.15, 0.2) is 0 Å². The Bertz CT molecular complexity index is 278. The minimum Gasteiger partial charge on any atom is -0.172 e. The van der Waals surface area contributed by atoms with Crippen molar-refractivity contribution < 1.29 is 0 Å². The maximum atomic E-state index is 5.31. The third-order valence-corrected chi connectivity index (χ3v) is 8.53. The van der Waals surface area contributed by atoms with E-state index in [9.17, 15) is 0 Å². The summed E-state index contributed by atoms with van der Waals surface area (Å²) in [6, 6.07) is 0. The molecule has 0 N–H and O–H groups in total. The van der Waals surface area contributed by atoms with Crippen LogP contribution in [0.2, 0.25) is 0 Å². The van der Waals surface area contributed by atoms with Crippen molar-refractivity contribution >= 4 is 12.6 Å². The fourth-order valence-electron chi connectivity index (χ4n) is 6.60. The molecule has 0 unspecified atom stereocenters. The minimum absolute atomic E-state index is 0.282. The van der Waals surface area contributed by atoms with Gasteiger partial charge in [-0.05, 0) is 48.9 Å². The van der Waals surface area contributed by atoms with Crippen LogP contribution in [0.4, 0.5) is 0 Å². The molecule has 0 aromatic rings. The van der Waals surface area contributed by atoms with Gasteiger partial charge in [0, 0.05) is 4.75 Å². The van der Waals surface area contributed by atoms with Crippen LogP contribution >= 0.6 is 12.6 Å². The van der Waals surface area contributed by atoms with Gasteiger partial charge in [-0.1, -0.05) is 66.2 Å². The standard InChI is InChI=1S/C17H30S.C2H6/c1-14(2)16(10-6-4-7-11-16)15(3,18)17(14)12-8-5-9-13-17;1-2/h18H,4-13H2,1-3H3;1-2H3. The molecule has 0 aromatic heterocycles. The van der Waals surface area contributed by atoms with Crippen LogP contribution in [0.1, 0.15) is 98.8 Å². The Morgan fingerprint density at radius 2 is 0.900 bits per heavy atom. The van der Waals surface area contributed by atoms with E-state index >= 15 is 0 Å². The second-order valence-corrected chi connectivity index (χ2v) is 8.88. The summed E-state index contributed by atoms with van der Waals surface area (Å²) in [5.41, 5.74) is 1.56. The molecular weight excluding hydrogens is 260 g/mol. The molecule has 2 spiro atoms. The smallest absolute Gasteiger partial charge is 0.0224 e. The molecule has 3 saturated carbocycles. The molecule has 0 aliphatic heterocycles. The lowest BCUT2D eigenvalue weighted by atomic mass is 9.27. The lowest BCUT2D eigenvalue weighted by Crippen LogP contribution is -2.78. The Morgan fingerprint density at radius 3 is 1.15 bits per heavy atom. The second-order valence-electron chi connectivity index (χ2n) is 7.98. The van der Waals surface area contributed by atoms with Crippen LogP contribution < -0.4 is 0 Å². The first-order valence-electron chi connectivity index (χ1n) is 9.14. The van der Waals surface area contributed by atoms with E-state index in [1.807, 2.05) is 13.8 Å². The lowest BCUT2D eigenvalue weighted by molar-refractivity contribution is -0.259. The van der Waals surface area contributed by atoms with Gasteiger partial charge in [-0.3, -0.25) is 0 Å². The summed E-state index contributed by atoms with van der Waals surface area (Å²) < 4.78 is 0.282. The molecule has 0 aromatic carbocycles. The highest BCUT2D eigenvalue weighted by molar-refractivity contribution is 7.82. The van der Waals surface area contributed by atoms with Crippen molar-refractivity contribution in [3.8, 4) is 0 Å². The predicted octanol–water partition coefficient (Wildman–Crippen LogP) is 6.64. The van der Waals surface area contributed by atoms with Gasteiger partial charge in [0.05, 0.1) is 0 Å². The molecule has 0 saturated heterocycles. The average molecular weight is 297 g/mol. The van der Waals surface area contributed by atoms with Gasteiger partial charge in [0.25, 0.3) is 0 Å². The van der Waals surface area contributed by atoms with Gasteiger partial charge in [-0.15, -0.1) is 0 Å². The Labute approximate surface area is 132 Å². The van der Waals surface area contributed by atoms with Gasteiger partial charge in [-0.2, -0.15) is 12.6 Å². The summed E-state index contributed by atoms with van der Waals surface area (Å²) in [7, 11) is 0. The Kier molecular flexibility index (Phi) is 4.62. The zero-order valence-corrected chi connectivity index (χ0v) is 15.4. The summed E-state index contributed by atoms with van der Waals surface area (Å²) in [5.74, 6) is 0. The predicted molar refractivity (Wildman–Crippen MR) is 93.6 cm³/mol. The lowest BCUT2D eigenvalue weighted by Gasteiger charge is -2.81. The molecule has 0 bridgehead atoms. The first kappa shape index (κ1) is 16.7. The maximum Gasteiger partial charge on any atom is 0.0224 e. The molecule has 118 valence electrons. The third kappa shape index (κ3) is 1.74. The highest BCUT2D eigenvalue weighted by Gasteiger charge is 2.78. The molecule has 3 fully saturated rings. The monoisotopic (exact) mass is 296 g/mol. The first-order chi connectivity index (χ1) is 9.41. The maximum absolute atomic E-state index is 5.31. The van der Waals surface area contributed by atoms with Crippen LogP contribution in [-0.2, 0) is 0 Å². The van der Waals surface area contributed by atoms with Gasteiger partial charge in [0.2, 0.25) is 0 Å². The second kappa shape index (κ2) is 5.52. The van der Waals surface area contributed by atoms with E-state index in [1.165, 1.54) is 64.2 Å². The molecule has 3 rings (SSSR count). The largest absolute Gasteiger partial charge is 0.172 e. The quantitative estimate of drug-likeness (QED) is 0.476. The molecule has 0 atom stereocenters. The molecule has 0 amide bonds. The summed E-state index contributed by atoms with van der Waals surface area (Å²) in [4.78, 5) is 0. The van der Waals surface area contributed by atoms with Crippen molar-refractivity contribution in [1.82, 2.24) is 0 Å². The van der Waals surface area contributed by atoms with E-state index < -0.39 is 0 Å². The molecule has 0 radical (unpaired) electrons. The number of hydrogen-bond donors (Lipinski definition) is 1.